The summed E-state index contributed by atoms with van der Waals surface area (Å²) < 4.78 is 20.6. The summed E-state index contributed by atoms with van der Waals surface area (Å²) in [5.74, 6) is -0.540. The number of ether oxygens (including phenoxy) is 4. The van der Waals surface area contributed by atoms with Crippen molar-refractivity contribution in [3.05, 3.63) is 83.1 Å². The first-order valence-electron chi connectivity index (χ1n) is 10.3. The van der Waals surface area contributed by atoms with Gasteiger partial charge in [0.25, 0.3) is 5.91 Å². The van der Waals surface area contributed by atoms with Crippen LogP contribution < -0.4 is 14.4 Å². The van der Waals surface area contributed by atoms with Crippen LogP contribution in [0.4, 0.5) is 5.69 Å². The summed E-state index contributed by atoms with van der Waals surface area (Å²) >= 11 is 0. The van der Waals surface area contributed by atoms with Crippen LogP contribution in [0.1, 0.15) is 22.8 Å². The maximum Gasteiger partial charge on any atom is 0.340 e. The number of anilines is 1. The third-order valence-electron chi connectivity index (χ3n) is 5.19. The molecule has 2 aromatic rings. The van der Waals surface area contributed by atoms with Crippen LogP contribution in [0.5, 0.6) is 11.5 Å². The van der Waals surface area contributed by atoms with Gasteiger partial charge in [-0.05, 0) is 55.0 Å². The van der Waals surface area contributed by atoms with Crippen LogP contribution in [0, 0.1) is 0 Å². The number of carbonyl (C=O) groups excluding carboxylic acids is 3. The quantitative estimate of drug-likeness (QED) is 0.333. The molecule has 1 aliphatic rings. The first-order chi connectivity index (χ1) is 16.4. The standard InChI is InChI=1S/C26H25NO7/c1-6-13-34-21-12-7-17(15-22(21)31-3)14-20-23(26(30)33-5)16(2)27(24(20)28)19-10-8-18(9-11-19)25(29)32-4/h6-12,14-15H,1,13H2,2-5H3. The molecule has 1 heterocycles. The number of benzene rings is 2. The third-order valence-corrected chi connectivity index (χ3v) is 5.19. The summed E-state index contributed by atoms with van der Waals surface area (Å²) in [4.78, 5) is 39.2. The number of carbonyl (C=O) groups is 3. The van der Waals surface area contributed by atoms with E-state index in [0.717, 1.165) is 0 Å². The topological polar surface area (TPSA) is 91.4 Å². The van der Waals surface area contributed by atoms with Crippen molar-refractivity contribution in [2.24, 2.45) is 0 Å². The van der Waals surface area contributed by atoms with Crippen LogP contribution in [0.15, 0.2) is 72.0 Å². The number of hydrogen-bond acceptors (Lipinski definition) is 7. The highest BCUT2D eigenvalue weighted by atomic mass is 16.5. The molecular weight excluding hydrogens is 438 g/mol. The van der Waals surface area contributed by atoms with Gasteiger partial charge in [-0.1, -0.05) is 18.7 Å². The van der Waals surface area contributed by atoms with Crippen molar-refractivity contribution in [3.63, 3.8) is 0 Å². The van der Waals surface area contributed by atoms with E-state index in [1.807, 2.05) is 0 Å². The van der Waals surface area contributed by atoms with E-state index in [0.29, 0.717) is 40.6 Å². The molecule has 0 unspecified atom stereocenters. The Labute approximate surface area is 197 Å². The summed E-state index contributed by atoms with van der Waals surface area (Å²) in [7, 11) is 4.06. The smallest absolute Gasteiger partial charge is 0.340 e. The molecule has 8 heteroatoms. The van der Waals surface area contributed by atoms with Gasteiger partial charge in [0.15, 0.2) is 11.5 Å². The van der Waals surface area contributed by atoms with E-state index in [1.54, 1.807) is 61.5 Å². The van der Waals surface area contributed by atoms with E-state index in [9.17, 15) is 14.4 Å². The molecule has 1 aliphatic heterocycles. The summed E-state index contributed by atoms with van der Waals surface area (Å²) in [6.07, 6.45) is 3.22. The summed E-state index contributed by atoms with van der Waals surface area (Å²) in [6, 6.07) is 11.5. The molecule has 0 bridgehead atoms. The lowest BCUT2D eigenvalue weighted by Gasteiger charge is -2.18. The van der Waals surface area contributed by atoms with E-state index >= 15 is 0 Å². The van der Waals surface area contributed by atoms with Crippen molar-refractivity contribution in [2.75, 3.05) is 32.8 Å². The van der Waals surface area contributed by atoms with Crippen LogP contribution in [0.25, 0.3) is 6.08 Å². The third kappa shape index (κ3) is 4.71. The highest BCUT2D eigenvalue weighted by Crippen LogP contribution is 2.36. The molecule has 3 rings (SSSR count). The van der Waals surface area contributed by atoms with Crippen LogP contribution in [-0.4, -0.2) is 45.8 Å². The molecule has 0 fully saturated rings. The van der Waals surface area contributed by atoms with E-state index in [4.69, 9.17) is 18.9 Å². The Bertz CT molecular complexity index is 1190. The predicted molar refractivity (Wildman–Crippen MR) is 127 cm³/mol. The maximum atomic E-state index is 13.4. The monoisotopic (exact) mass is 463 g/mol. The van der Waals surface area contributed by atoms with Crippen molar-refractivity contribution in [2.45, 2.75) is 6.92 Å². The average molecular weight is 463 g/mol. The van der Waals surface area contributed by atoms with E-state index in [1.165, 1.54) is 26.2 Å². The Hall–Kier alpha value is -4.33. The van der Waals surface area contributed by atoms with Crippen molar-refractivity contribution < 1.29 is 33.3 Å². The molecule has 2 aromatic carbocycles. The molecule has 0 aromatic heterocycles. The van der Waals surface area contributed by atoms with E-state index < -0.39 is 17.8 Å². The van der Waals surface area contributed by atoms with Gasteiger partial charge in [-0.3, -0.25) is 9.69 Å². The second-order valence-electron chi connectivity index (χ2n) is 7.20. The van der Waals surface area contributed by atoms with Crippen LogP contribution in [-0.2, 0) is 19.1 Å². The normalized spacial score (nSPS) is 14.3. The van der Waals surface area contributed by atoms with Crippen molar-refractivity contribution in [1.29, 1.82) is 0 Å². The van der Waals surface area contributed by atoms with Crippen LogP contribution >= 0.6 is 0 Å². The number of amides is 1. The Morgan fingerprint density at radius 2 is 1.65 bits per heavy atom. The second kappa shape index (κ2) is 10.5. The zero-order valence-corrected chi connectivity index (χ0v) is 19.4. The zero-order chi connectivity index (χ0) is 24.8. The van der Waals surface area contributed by atoms with Gasteiger partial charge in [-0.15, -0.1) is 0 Å². The minimum Gasteiger partial charge on any atom is -0.493 e. The van der Waals surface area contributed by atoms with Gasteiger partial charge < -0.3 is 18.9 Å². The van der Waals surface area contributed by atoms with Gasteiger partial charge >= 0.3 is 11.9 Å². The fourth-order valence-corrected chi connectivity index (χ4v) is 3.56. The SMILES string of the molecule is C=CCOc1ccc(C=C2C(=O)N(c3ccc(C(=O)OC)cc3)C(C)=C2C(=O)OC)cc1OC. The van der Waals surface area contributed by atoms with Crippen LogP contribution in [0.3, 0.4) is 0 Å². The van der Waals surface area contributed by atoms with E-state index in [-0.39, 0.29) is 11.1 Å². The molecular formula is C26H25NO7. The fourth-order valence-electron chi connectivity index (χ4n) is 3.56. The van der Waals surface area contributed by atoms with Gasteiger partial charge in [-0.25, -0.2) is 9.59 Å². The maximum absolute atomic E-state index is 13.4. The summed E-state index contributed by atoms with van der Waals surface area (Å²) in [5, 5.41) is 0. The molecule has 8 nitrogen and oxygen atoms in total. The predicted octanol–water partition coefficient (Wildman–Crippen LogP) is 3.92. The highest BCUT2D eigenvalue weighted by Gasteiger charge is 2.38. The number of allylic oxidation sites excluding steroid dienone is 1. The van der Waals surface area contributed by atoms with Crippen LogP contribution in [0.2, 0.25) is 0 Å². The zero-order valence-electron chi connectivity index (χ0n) is 19.4. The van der Waals surface area contributed by atoms with E-state index in [2.05, 4.69) is 6.58 Å². The second-order valence-corrected chi connectivity index (χ2v) is 7.20. The minimum absolute atomic E-state index is 0.149. The number of rotatable bonds is 8. The molecule has 1 amide bonds. The first-order valence-corrected chi connectivity index (χ1v) is 10.3. The molecule has 0 atom stereocenters. The Morgan fingerprint density at radius 3 is 2.24 bits per heavy atom. The van der Waals surface area contributed by atoms with Crippen molar-refractivity contribution in [3.8, 4) is 11.5 Å². The summed E-state index contributed by atoms with van der Waals surface area (Å²) in [5.41, 5.74) is 2.19. The van der Waals surface area contributed by atoms with Gasteiger partial charge in [0.2, 0.25) is 0 Å². The van der Waals surface area contributed by atoms with Gasteiger partial charge in [-0.2, -0.15) is 0 Å². The van der Waals surface area contributed by atoms with Gasteiger partial charge in [0.05, 0.1) is 38.0 Å². The number of esters is 2. The molecule has 0 saturated heterocycles. The Morgan fingerprint density at radius 1 is 0.971 bits per heavy atom. The highest BCUT2D eigenvalue weighted by molar-refractivity contribution is 6.23. The van der Waals surface area contributed by atoms with Crippen molar-refractivity contribution in [1.82, 2.24) is 0 Å². The largest absolute Gasteiger partial charge is 0.493 e. The first kappa shape index (κ1) is 24.3. The Balaban J connectivity index is 2.05. The molecule has 0 spiro atoms. The van der Waals surface area contributed by atoms with Gasteiger partial charge in [0, 0.05) is 11.4 Å². The molecule has 0 N–H and O–H groups in total. The molecule has 0 saturated carbocycles. The minimum atomic E-state index is -0.635. The number of methoxy groups -OCH3 is 3. The molecule has 176 valence electrons. The lowest BCUT2D eigenvalue weighted by atomic mass is 10.0. The molecule has 34 heavy (non-hydrogen) atoms. The average Bonchev–Trinajstić information content (AvgIpc) is 3.11. The molecule has 0 radical (unpaired) electrons. The van der Waals surface area contributed by atoms with Crippen molar-refractivity contribution >= 4 is 29.6 Å². The number of hydrogen-bond donors (Lipinski definition) is 0. The Kier molecular flexibility index (Phi) is 7.53. The number of nitrogens with zero attached hydrogens (tertiary/aromatic N) is 1. The fraction of sp³-hybridized carbons (Fsp3) is 0.192. The molecule has 0 aliphatic carbocycles. The lowest BCUT2D eigenvalue weighted by Crippen LogP contribution is -2.24. The lowest BCUT2D eigenvalue weighted by molar-refractivity contribution is -0.136. The van der Waals surface area contributed by atoms with Gasteiger partial charge in [0.1, 0.15) is 6.61 Å². The summed E-state index contributed by atoms with van der Waals surface area (Å²) in [6.45, 7) is 5.60.